The van der Waals surface area contributed by atoms with Crippen LogP contribution < -0.4 is 4.74 Å². The maximum Gasteiger partial charge on any atom is 0.410 e. The van der Waals surface area contributed by atoms with E-state index >= 15 is 0 Å². The number of carbonyl (C=O) groups excluding carboxylic acids is 2. The van der Waals surface area contributed by atoms with Crippen LogP contribution in [0.2, 0.25) is 0 Å². The molecule has 0 spiro atoms. The third kappa shape index (κ3) is 6.75. The topological polar surface area (TPSA) is 96.0 Å². The predicted molar refractivity (Wildman–Crippen MR) is 122 cm³/mol. The van der Waals surface area contributed by atoms with E-state index in [0.717, 1.165) is 12.8 Å². The SMILES string of the molecule is CN(CC1CCCN(C(=O)c2ccc(COc3ccccc3C#N)o2)C1)C(=O)OC(C)(C)C. The summed E-state index contributed by atoms with van der Waals surface area (Å²) in [6.45, 7) is 7.35. The zero-order valence-electron chi connectivity index (χ0n) is 19.7. The number of likely N-dealkylation sites (tertiary alicyclic amines) is 1. The van der Waals surface area contributed by atoms with Crippen LogP contribution in [0.25, 0.3) is 0 Å². The van der Waals surface area contributed by atoms with Gasteiger partial charge >= 0.3 is 6.09 Å². The van der Waals surface area contributed by atoms with E-state index in [-0.39, 0.29) is 30.3 Å². The summed E-state index contributed by atoms with van der Waals surface area (Å²) >= 11 is 0. The number of amides is 2. The standard InChI is InChI=1S/C25H31N3O5/c1-25(2,3)33-24(30)27(4)15-18-8-7-13-28(16-18)23(29)22-12-11-20(32-22)17-31-21-10-6-5-9-19(21)14-26/h5-6,9-12,18H,7-8,13,15-17H2,1-4H3. The van der Waals surface area contributed by atoms with Crippen molar-refractivity contribution in [3.63, 3.8) is 0 Å². The van der Waals surface area contributed by atoms with Gasteiger partial charge in [0.2, 0.25) is 0 Å². The smallest absolute Gasteiger partial charge is 0.410 e. The Morgan fingerprint density at radius 2 is 2.00 bits per heavy atom. The highest BCUT2D eigenvalue weighted by molar-refractivity contribution is 5.91. The van der Waals surface area contributed by atoms with Gasteiger partial charge in [-0.2, -0.15) is 5.26 Å². The minimum Gasteiger partial charge on any atom is -0.484 e. The van der Waals surface area contributed by atoms with Crippen LogP contribution in [0.3, 0.4) is 0 Å². The lowest BCUT2D eigenvalue weighted by molar-refractivity contribution is 0.0242. The van der Waals surface area contributed by atoms with E-state index in [1.54, 1.807) is 53.2 Å². The van der Waals surface area contributed by atoms with Crippen molar-refractivity contribution in [1.29, 1.82) is 5.26 Å². The number of rotatable bonds is 6. The van der Waals surface area contributed by atoms with Gasteiger partial charge in [-0.3, -0.25) is 4.79 Å². The zero-order chi connectivity index (χ0) is 24.0. The Hall–Kier alpha value is -3.47. The number of para-hydroxylation sites is 1. The summed E-state index contributed by atoms with van der Waals surface area (Å²) in [5.74, 6) is 1.22. The van der Waals surface area contributed by atoms with E-state index in [4.69, 9.17) is 19.2 Å². The van der Waals surface area contributed by atoms with Crippen LogP contribution in [0.4, 0.5) is 4.79 Å². The van der Waals surface area contributed by atoms with Crippen molar-refractivity contribution in [2.24, 2.45) is 5.92 Å². The highest BCUT2D eigenvalue weighted by Gasteiger charge is 2.29. The number of nitrogens with zero attached hydrogens (tertiary/aromatic N) is 3. The molecule has 1 unspecified atom stereocenters. The second-order valence-corrected chi connectivity index (χ2v) is 9.28. The molecular formula is C25H31N3O5. The molecule has 176 valence electrons. The van der Waals surface area contributed by atoms with Crippen molar-refractivity contribution in [3.8, 4) is 11.8 Å². The van der Waals surface area contributed by atoms with Crippen LogP contribution in [-0.2, 0) is 11.3 Å². The van der Waals surface area contributed by atoms with E-state index in [9.17, 15) is 9.59 Å². The van der Waals surface area contributed by atoms with Crippen LogP contribution in [-0.4, -0.2) is 54.1 Å². The van der Waals surface area contributed by atoms with Gasteiger partial charge in [0.05, 0.1) is 5.56 Å². The average Bonchev–Trinajstić information content (AvgIpc) is 3.25. The molecule has 1 aliphatic rings. The first kappa shape index (κ1) is 24.2. The molecule has 2 aromatic rings. The monoisotopic (exact) mass is 453 g/mol. The van der Waals surface area contributed by atoms with Crippen LogP contribution >= 0.6 is 0 Å². The van der Waals surface area contributed by atoms with Crippen LogP contribution in [0, 0.1) is 17.2 Å². The van der Waals surface area contributed by atoms with Crippen molar-refractivity contribution < 1.29 is 23.5 Å². The van der Waals surface area contributed by atoms with Gasteiger partial charge in [-0.1, -0.05) is 12.1 Å². The number of piperidine rings is 1. The van der Waals surface area contributed by atoms with Gasteiger partial charge < -0.3 is 23.7 Å². The molecule has 1 atom stereocenters. The lowest BCUT2D eigenvalue weighted by Crippen LogP contribution is -2.44. The number of furan rings is 1. The Kier molecular flexibility index (Phi) is 7.64. The Morgan fingerprint density at radius 1 is 1.24 bits per heavy atom. The van der Waals surface area contributed by atoms with Gasteiger partial charge in [0.15, 0.2) is 5.76 Å². The first-order valence-electron chi connectivity index (χ1n) is 11.1. The largest absolute Gasteiger partial charge is 0.484 e. The molecule has 8 heteroatoms. The highest BCUT2D eigenvalue weighted by atomic mass is 16.6. The lowest BCUT2D eigenvalue weighted by Gasteiger charge is -2.34. The Labute approximate surface area is 194 Å². The molecule has 1 aromatic carbocycles. The van der Waals surface area contributed by atoms with E-state index in [2.05, 4.69) is 6.07 Å². The Bertz CT molecular complexity index is 1020. The van der Waals surface area contributed by atoms with Gasteiger partial charge in [-0.05, 0) is 63.8 Å². The summed E-state index contributed by atoms with van der Waals surface area (Å²) < 4.78 is 16.8. The number of hydrogen-bond donors (Lipinski definition) is 0. The van der Waals surface area contributed by atoms with Crippen molar-refractivity contribution >= 4 is 12.0 Å². The summed E-state index contributed by atoms with van der Waals surface area (Å²) in [7, 11) is 1.72. The van der Waals surface area contributed by atoms with E-state index in [0.29, 0.717) is 36.7 Å². The fourth-order valence-electron chi connectivity index (χ4n) is 3.76. The molecule has 3 rings (SSSR count). The maximum absolute atomic E-state index is 13.0. The van der Waals surface area contributed by atoms with Gasteiger partial charge in [0, 0.05) is 26.7 Å². The number of nitriles is 1. The number of hydrogen-bond acceptors (Lipinski definition) is 6. The first-order valence-corrected chi connectivity index (χ1v) is 11.1. The van der Waals surface area contributed by atoms with E-state index < -0.39 is 5.60 Å². The Balaban J connectivity index is 1.55. The maximum atomic E-state index is 13.0. The van der Waals surface area contributed by atoms with Gasteiger partial charge in [0.1, 0.15) is 29.8 Å². The molecule has 2 heterocycles. The van der Waals surface area contributed by atoms with E-state index in [1.165, 1.54) is 0 Å². The van der Waals surface area contributed by atoms with E-state index in [1.807, 2.05) is 20.8 Å². The van der Waals surface area contributed by atoms with Crippen LogP contribution in [0.5, 0.6) is 5.75 Å². The second-order valence-electron chi connectivity index (χ2n) is 9.28. The van der Waals surface area contributed by atoms with Gasteiger partial charge in [-0.15, -0.1) is 0 Å². The molecule has 33 heavy (non-hydrogen) atoms. The van der Waals surface area contributed by atoms with Crippen molar-refractivity contribution in [3.05, 3.63) is 53.5 Å². The molecule has 0 N–H and O–H groups in total. The highest BCUT2D eigenvalue weighted by Crippen LogP contribution is 2.22. The molecule has 1 fully saturated rings. The number of carbonyl (C=O) groups is 2. The fourth-order valence-corrected chi connectivity index (χ4v) is 3.76. The summed E-state index contributed by atoms with van der Waals surface area (Å²) in [4.78, 5) is 28.6. The molecule has 0 bridgehead atoms. The quantitative estimate of drug-likeness (QED) is 0.641. The third-order valence-electron chi connectivity index (χ3n) is 5.29. The minimum absolute atomic E-state index is 0.120. The van der Waals surface area contributed by atoms with Gasteiger partial charge in [-0.25, -0.2) is 4.79 Å². The molecule has 1 aromatic heterocycles. The molecule has 0 radical (unpaired) electrons. The van der Waals surface area contributed by atoms with Gasteiger partial charge in [0.25, 0.3) is 5.91 Å². The molecule has 1 saturated heterocycles. The fraction of sp³-hybridized carbons (Fsp3) is 0.480. The first-order chi connectivity index (χ1) is 15.7. The number of ether oxygens (including phenoxy) is 2. The molecule has 1 aliphatic heterocycles. The molecule has 0 aliphatic carbocycles. The van der Waals surface area contributed by atoms with Crippen LogP contribution in [0.1, 0.15) is 55.5 Å². The molecule has 2 amide bonds. The zero-order valence-corrected chi connectivity index (χ0v) is 19.7. The van der Waals surface area contributed by atoms with Crippen molar-refractivity contribution in [2.45, 2.75) is 45.8 Å². The van der Waals surface area contributed by atoms with Crippen LogP contribution in [0.15, 0.2) is 40.8 Å². The normalized spacial score (nSPS) is 16.1. The summed E-state index contributed by atoms with van der Waals surface area (Å²) in [5.41, 5.74) is -0.104. The van der Waals surface area contributed by atoms with Crippen molar-refractivity contribution in [2.75, 3.05) is 26.7 Å². The second kappa shape index (κ2) is 10.4. The summed E-state index contributed by atoms with van der Waals surface area (Å²) in [5, 5.41) is 9.16. The molecule has 8 nitrogen and oxygen atoms in total. The number of benzene rings is 1. The Morgan fingerprint density at radius 3 is 2.73 bits per heavy atom. The molecule has 0 saturated carbocycles. The molecular weight excluding hydrogens is 422 g/mol. The third-order valence-corrected chi connectivity index (χ3v) is 5.29. The average molecular weight is 454 g/mol. The minimum atomic E-state index is -0.544. The summed E-state index contributed by atoms with van der Waals surface area (Å²) in [6, 6.07) is 12.4. The summed E-state index contributed by atoms with van der Waals surface area (Å²) in [6.07, 6.45) is 1.44. The lowest BCUT2D eigenvalue weighted by atomic mass is 9.97. The van der Waals surface area contributed by atoms with Crippen molar-refractivity contribution in [1.82, 2.24) is 9.80 Å². The predicted octanol–water partition coefficient (Wildman–Crippen LogP) is 4.45.